The zero-order valence-electron chi connectivity index (χ0n) is 15.2. The van der Waals surface area contributed by atoms with Gasteiger partial charge in [-0.1, -0.05) is 12.1 Å². The molecule has 3 rings (SSSR count). The van der Waals surface area contributed by atoms with E-state index in [-0.39, 0.29) is 18.0 Å². The summed E-state index contributed by atoms with van der Waals surface area (Å²) in [5.41, 5.74) is 3.01. The van der Waals surface area contributed by atoms with Crippen molar-refractivity contribution < 1.29 is 14.3 Å². The molecule has 2 N–H and O–H groups in total. The van der Waals surface area contributed by atoms with Gasteiger partial charge in [-0.15, -0.1) is 0 Å². The Labute approximate surface area is 153 Å². The number of rotatable bonds is 4. The number of anilines is 3. The van der Waals surface area contributed by atoms with Crippen LogP contribution in [0.3, 0.4) is 0 Å². The smallest absolute Gasteiger partial charge is 0.337 e. The maximum atomic E-state index is 12.5. The standard InChI is InChI=1S/C20H23N3O3/c1-20(2)13-23(17-7-5-4-6-16(17)22-20)12-18(24)21-15-10-8-14(9-11-15)19(25)26-3/h4-11,22H,12-13H2,1-3H3,(H,21,24). The van der Waals surface area contributed by atoms with Crippen molar-refractivity contribution in [1.82, 2.24) is 0 Å². The Balaban J connectivity index is 1.69. The number of nitrogens with one attached hydrogen (secondary N) is 2. The Morgan fingerprint density at radius 2 is 1.85 bits per heavy atom. The number of fused-ring (bicyclic) bond motifs is 1. The first-order chi connectivity index (χ1) is 12.4. The van der Waals surface area contributed by atoms with E-state index in [1.54, 1.807) is 24.3 Å². The molecule has 0 bridgehead atoms. The summed E-state index contributed by atoms with van der Waals surface area (Å²) >= 11 is 0. The molecule has 1 heterocycles. The summed E-state index contributed by atoms with van der Waals surface area (Å²) in [6.07, 6.45) is 0. The number of amides is 1. The molecule has 0 unspecified atom stereocenters. The molecule has 0 aromatic heterocycles. The van der Waals surface area contributed by atoms with Crippen molar-refractivity contribution >= 4 is 28.9 Å². The largest absolute Gasteiger partial charge is 0.465 e. The van der Waals surface area contributed by atoms with E-state index in [0.29, 0.717) is 11.3 Å². The Kier molecular flexibility index (Phi) is 4.84. The minimum atomic E-state index is -0.400. The van der Waals surface area contributed by atoms with Gasteiger partial charge in [0.05, 0.1) is 30.6 Å². The van der Waals surface area contributed by atoms with Crippen molar-refractivity contribution in [1.29, 1.82) is 0 Å². The fourth-order valence-corrected chi connectivity index (χ4v) is 3.14. The number of hydrogen-bond donors (Lipinski definition) is 2. The zero-order valence-corrected chi connectivity index (χ0v) is 15.2. The summed E-state index contributed by atoms with van der Waals surface area (Å²) in [4.78, 5) is 26.1. The molecule has 0 atom stereocenters. The molecule has 1 amide bonds. The molecule has 1 aliphatic heterocycles. The summed E-state index contributed by atoms with van der Waals surface area (Å²) in [5.74, 6) is -0.508. The maximum absolute atomic E-state index is 12.5. The molecule has 0 radical (unpaired) electrons. The molecule has 0 fully saturated rings. The van der Waals surface area contributed by atoms with E-state index in [1.165, 1.54) is 7.11 Å². The molecular weight excluding hydrogens is 330 g/mol. The quantitative estimate of drug-likeness (QED) is 0.827. The van der Waals surface area contributed by atoms with Crippen LogP contribution in [0.25, 0.3) is 0 Å². The average molecular weight is 353 g/mol. The van der Waals surface area contributed by atoms with E-state index >= 15 is 0 Å². The number of carbonyl (C=O) groups is 2. The third-order valence-corrected chi connectivity index (χ3v) is 4.23. The molecule has 1 aliphatic rings. The van der Waals surface area contributed by atoms with Gasteiger partial charge < -0.3 is 20.3 Å². The SMILES string of the molecule is COC(=O)c1ccc(NC(=O)CN2CC(C)(C)Nc3ccccc32)cc1. The van der Waals surface area contributed by atoms with Crippen molar-refractivity contribution in [3.8, 4) is 0 Å². The van der Waals surface area contributed by atoms with Crippen LogP contribution in [0.4, 0.5) is 17.1 Å². The van der Waals surface area contributed by atoms with E-state index in [0.717, 1.165) is 17.9 Å². The highest BCUT2D eigenvalue weighted by Crippen LogP contribution is 2.33. The number of methoxy groups -OCH3 is 1. The first-order valence-corrected chi connectivity index (χ1v) is 8.48. The van der Waals surface area contributed by atoms with Gasteiger partial charge in [-0.05, 0) is 50.2 Å². The number of hydrogen-bond acceptors (Lipinski definition) is 5. The highest BCUT2D eigenvalue weighted by molar-refractivity contribution is 5.96. The molecule has 0 spiro atoms. The minimum Gasteiger partial charge on any atom is -0.465 e. The van der Waals surface area contributed by atoms with E-state index in [4.69, 9.17) is 0 Å². The summed E-state index contributed by atoms with van der Waals surface area (Å²) in [6.45, 7) is 5.19. The van der Waals surface area contributed by atoms with Crippen LogP contribution in [0, 0.1) is 0 Å². The lowest BCUT2D eigenvalue weighted by atomic mass is 9.99. The van der Waals surface area contributed by atoms with Gasteiger partial charge in [0, 0.05) is 17.8 Å². The number of esters is 1. The van der Waals surface area contributed by atoms with Crippen molar-refractivity contribution in [3.63, 3.8) is 0 Å². The number of ether oxygens (including phenoxy) is 1. The van der Waals surface area contributed by atoms with Crippen LogP contribution in [-0.4, -0.2) is 37.6 Å². The number of nitrogens with zero attached hydrogens (tertiary/aromatic N) is 1. The lowest BCUT2D eigenvalue weighted by Gasteiger charge is -2.41. The van der Waals surface area contributed by atoms with Crippen LogP contribution >= 0.6 is 0 Å². The molecule has 0 aliphatic carbocycles. The zero-order chi connectivity index (χ0) is 18.7. The first kappa shape index (κ1) is 17.8. The fourth-order valence-electron chi connectivity index (χ4n) is 3.14. The molecule has 0 saturated heterocycles. The van der Waals surface area contributed by atoms with Crippen LogP contribution < -0.4 is 15.5 Å². The van der Waals surface area contributed by atoms with Gasteiger partial charge in [-0.25, -0.2) is 4.79 Å². The Morgan fingerprint density at radius 3 is 2.54 bits per heavy atom. The summed E-state index contributed by atoms with van der Waals surface area (Å²) in [6, 6.07) is 14.6. The van der Waals surface area contributed by atoms with Crippen molar-refractivity contribution in [2.24, 2.45) is 0 Å². The maximum Gasteiger partial charge on any atom is 0.337 e. The Hall–Kier alpha value is -3.02. The van der Waals surface area contributed by atoms with Gasteiger partial charge in [-0.2, -0.15) is 0 Å². The summed E-state index contributed by atoms with van der Waals surface area (Å²) in [5, 5.41) is 6.37. The third kappa shape index (κ3) is 3.96. The molecule has 0 saturated carbocycles. The van der Waals surface area contributed by atoms with Gasteiger partial charge in [0.25, 0.3) is 0 Å². The number of carbonyl (C=O) groups excluding carboxylic acids is 2. The second-order valence-electron chi connectivity index (χ2n) is 7.00. The molecule has 6 heteroatoms. The van der Waals surface area contributed by atoms with Gasteiger partial charge in [-0.3, -0.25) is 4.79 Å². The normalized spacial score (nSPS) is 14.8. The van der Waals surface area contributed by atoms with Crippen molar-refractivity contribution in [3.05, 3.63) is 54.1 Å². The molecular formula is C20H23N3O3. The van der Waals surface area contributed by atoms with Crippen LogP contribution in [0.5, 0.6) is 0 Å². The van der Waals surface area contributed by atoms with Gasteiger partial charge in [0.2, 0.25) is 5.91 Å². The summed E-state index contributed by atoms with van der Waals surface area (Å²) in [7, 11) is 1.34. The minimum absolute atomic E-state index is 0.108. The molecule has 6 nitrogen and oxygen atoms in total. The Morgan fingerprint density at radius 1 is 1.15 bits per heavy atom. The second kappa shape index (κ2) is 7.07. The van der Waals surface area contributed by atoms with E-state index in [1.807, 2.05) is 24.3 Å². The van der Waals surface area contributed by atoms with Crippen LogP contribution in [0.15, 0.2) is 48.5 Å². The van der Waals surface area contributed by atoms with E-state index in [2.05, 4.69) is 34.1 Å². The van der Waals surface area contributed by atoms with E-state index < -0.39 is 5.97 Å². The Bertz CT molecular complexity index is 815. The third-order valence-electron chi connectivity index (χ3n) is 4.23. The van der Waals surface area contributed by atoms with Crippen LogP contribution in [-0.2, 0) is 9.53 Å². The molecule has 2 aromatic carbocycles. The highest BCUT2D eigenvalue weighted by Gasteiger charge is 2.30. The lowest BCUT2D eigenvalue weighted by Crippen LogP contribution is -2.50. The molecule has 2 aromatic rings. The number of benzene rings is 2. The van der Waals surface area contributed by atoms with Crippen LogP contribution in [0.1, 0.15) is 24.2 Å². The van der Waals surface area contributed by atoms with Gasteiger partial charge >= 0.3 is 5.97 Å². The topological polar surface area (TPSA) is 70.7 Å². The average Bonchev–Trinajstić information content (AvgIpc) is 2.60. The first-order valence-electron chi connectivity index (χ1n) is 8.48. The monoisotopic (exact) mass is 353 g/mol. The number of para-hydroxylation sites is 2. The lowest BCUT2D eigenvalue weighted by molar-refractivity contribution is -0.115. The van der Waals surface area contributed by atoms with E-state index in [9.17, 15) is 9.59 Å². The summed E-state index contributed by atoms with van der Waals surface area (Å²) < 4.78 is 4.67. The van der Waals surface area contributed by atoms with Crippen molar-refractivity contribution in [2.45, 2.75) is 19.4 Å². The predicted octanol–water partition coefficient (Wildman–Crippen LogP) is 3.12. The van der Waals surface area contributed by atoms with Crippen molar-refractivity contribution in [2.75, 3.05) is 35.7 Å². The molecule has 136 valence electrons. The van der Waals surface area contributed by atoms with Gasteiger partial charge in [0.15, 0.2) is 0 Å². The van der Waals surface area contributed by atoms with Gasteiger partial charge in [0.1, 0.15) is 0 Å². The highest BCUT2D eigenvalue weighted by atomic mass is 16.5. The fraction of sp³-hybridized carbons (Fsp3) is 0.300. The second-order valence-corrected chi connectivity index (χ2v) is 7.00. The predicted molar refractivity (Wildman–Crippen MR) is 103 cm³/mol. The molecule has 26 heavy (non-hydrogen) atoms. The van der Waals surface area contributed by atoms with Crippen LogP contribution in [0.2, 0.25) is 0 Å².